The van der Waals surface area contributed by atoms with Gasteiger partial charge in [-0.1, -0.05) is 18.9 Å². The van der Waals surface area contributed by atoms with Gasteiger partial charge in [-0.25, -0.2) is 0 Å². The van der Waals surface area contributed by atoms with Gasteiger partial charge in [-0.15, -0.1) is 13.1 Å². The minimum absolute atomic E-state index is 0. The van der Waals surface area contributed by atoms with Crippen molar-refractivity contribution >= 4 is 5.97 Å². The molecular weight excluding hydrogens is 536 g/mol. The summed E-state index contributed by atoms with van der Waals surface area (Å²) in [6, 6.07) is 0. The van der Waals surface area contributed by atoms with Crippen LogP contribution in [0.4, 0.5) is 0 Å². The molecule has 13 heteroatoms. The van der Waals surface area contributed by atoms with Crippen LogP contribution in [0.25, 0.3) is 11.5 Å². The fourth-order valence-corrected chi connectivity index (χ4v) is 1.67. The summed E-state index contributed by atoms with van der Waals surface area (Å²) in [5, 5.41) is 34.4. The molecule has 1 fully saturated rings. The van der Waals surface area contributed by atoms with E-state index < -0.39 is 12.3 Å². The molecule has 0 spiro atoms. The molecule has 9 N–H and O–H groups in total. The van der Waals surface area contributed by atoms with Crippen LogP contribution in [-0.2, 0) is 73.1 Å². The first-order valence-electron chi connectivity index (χ1n) is 5.92. The maximum Gasteiger partial charge on any atom is 2.00 e. The molecule has 0 aromatic carbocycles. The second-order valence-electron chi connectivity index (χ2n) is 4.11. The van der Waals surface area contributed by atoms with E-state index >= 15 is 0 Å². The number of hydrogen-bond donors (Lipinski definition) is 3. The quantitative estimate of drug-likeness (QED) is 0.256. The summed E-state index contributed by atoms with van der Waals surface area (Å²) in [5.41, 5.74) is 0.244. The molecule has 0 aliphatic carbocycles. The van der Waals surface area contributed by atoms with Gasteiger partial charge >= 0.3 is 34.1 Å². The average Bonchev–Trinajstić information content (AvgIpc) is 2.41. The van der Waals surface area contributed by atoms with Crippen molar-refractivity contribution in [1.82, 2.24) is 5.32 Å². The summed E-state index contributed by atoms with van der Waals surface area (Å²) in [6.07, 6.45) is 5.16. The number of carboxylic acids is 1. The summed E-state index contributed by atoms with van der Waals surface area (Å²) in [4.78, 5) is 10.1. The van der Waals surface area contributed by atoms with Gasteiger partial charge < -0.3 is 47.9 Å². The van der Waals surface area contributed by atoms with Crippen LogP contribution >= 0.6 is 0 Å². The number of carboxylic acid groups (broad SMARTS) is 1. The van der Waals surface area contributed by atoms with Crippen LogP contribution in [0.15, 0.2) is 23.9 Å². The van der Waals surface area contributed by atoms with Crippen LogP contribution in [0, 0.1) is 5.92 Å². The van der Waals surface area contributed by atoms with Crippen LogP contribution < -0.4 is 10.4 Å². The molecule has 0 atom stereocenters. The van der Waals surface area contributed by atoms with E-state index in [4.69, 9.17) is 10.2 Å². The number of rotatable bonds is 2. The maximum absolute atomic E-state index is 10.1. The van der Waals surface area contributed by atoms with Crippen molar-refractivity contribution in [2.45, 2.75) is 19.1 Å². The number of piperidine rings is 1. The molecule has 2 aliphatic heterocycles. The van der Waals surface area contributed by atoms with Crippen molar-refractivity contribution in [3.05, 3.63) is 35.4 Å². The van der Waals surface area contributed by atoms with Crippen LogP contribution in [0.1, 0.15) is 12.8 Å². The van der Waals surface area contributed by atoms with Gasteiger partial charge in [0.1, 0.15) is 0 Å². The summed E-state index contributed by atoms with van der Waals surface area (Å²) in [6.45, 7) is 2.16. The van der Waals surface area contributed by atoms with Crippen LogP contribution in [0.3, 0.4) is 0 Å². The van der Waals surface area contributed by atoms with E-state index in [1.807, 2.05) is 0 Å². The Hall–Kier alpha value is 0.588. The molecule has 0 aromatic rings. The van der Waals surface area contributed by atoms with E-state index in [9.17, 15) is 9.90 Å². The van der Waals surface area contributed by atoms with Crippen molar-refractivity contribution in [2.24, 2.45) is 5.92 Å². The van der Waals surface area contributed by atoms with Gasteiger partial charge in [-0.2, -0.15) is 0 Å². The maximum atomic E-state index is 10.1. The zero-order chi connectivity index (χ0) is 13.4. The number of aliphatic hydroxyl groups excluding tert-OH is 1. The van der Waals surface area contributed by atoms with Crippen molar-refractivity contribution in [2.75, 3.05) is 19.6 Å². The Morgan fingerprint density at radius 3 is 1.96 bits per heavy atom. The molecule has 2 heterocycles. The molecule has 9 nitrogen and oxygen atoms in total. The smallest absolute Gasteiger partial charge is 0.693 e. The molecule has 0 saturated carbocycles. The normalized spacial score (nSPS) is 14.1. The number of nitrogens with one attached hydrogen (secondary N) is 1. The van der Waals surface area contributed by atoms with Crippen LogP contribution in [0.2, 0.25) is 0 Å². The standard InChI is InChI=1S/C6H12NO2.C6H7NO2.4Cu.H2N.2H2O/c2*8-6(9)5-1-3-7-4-2-5;;;;;;;/h5-6,8-9H,1-4H2;1-3,7H,4H2,(H,8,9);;;;;3*1H2/q-1;;;;+1;+2;-1;;/p-1. The second kappa shape index (κ2) is 26.8. The third kappa shape index (κ3) is 20.8. The molecular formula is C12H24Cu4N3O6. The number of carbonyl (C=O) groups is 1. The Morgan fingerprint density at radius 2 is 1.72 bits per heavy atom. The molecule has 3 radical (unpaired) electrons. The van der Waals surface area contributed by atoms with Crippen molar-refractivity contribution in [3.8, 4) is 0 Å². The third-order valence-corrected chi connectivity index (χ3v) is 2.79. The van der Waals surface area contributed by atoms with E-state index in [-0.39, 0.29) is 96.9 Å². The molecule has 0 bridgehead atoms. The molecule has 2 rings (SSSR count). The molecule has 1 saturated heterocycles. The van der Waals surface area contributed by atoms with Gasteiger partial charge in [-0.3, -0.25) is 0 Å². The Kier molecular flexibility index (Phi) is 48.0. The topological polar surface area (TPSA) is 203 Å². The minimum Gasteiger partial charge on any atom is -0.693 e. The van der Waals surface area contributed by atoms with Crippen molar-refractivity contribution in [3.63, 3.8) is 0 Å². The average molecular weight is 561 g/mol. The largest absolute Gasteiger partial charge is 2.00 e. The van der Waals surface area contributed by atoms with Gasteiger partial charge in [0.2, 0.25) is 0 Å². The van der Waals surface area contributed by atoms with E-state index in [0.29, 0.717) is 6.54 Å². The third-order valence-electron chi connectivity index (χ3n) is 2.79. The van der Waals surface area contributed by atoms with Crippen LogP contribution in [0.5, 0.6) is 0 Å². The van der Waals surface area contributed by atoms with Crippen LogP contribution in [-0.4, -0.2) is 53.1 Å². The van der Waals surface area contributed by atoms with Gasteiger partial charge in [-0.05, 0) is 17.8 Å². The Balaban J connectivity index is -0.0000000405. The number of aliphatic carboxylic acids is 1. The minimum atomic E-state index is -1.12. The Bertz CT molecular complexity index is 343. The number of dihydropyridines is 1. The van der Waals surface area contributed by atoms with Gasteiger partial charge in [0.25, 0.3) is 0 Å². The SMILES string of the molecule is O.O.O=C([O-])C1=CCNC=C1.OC(O)C1CC[N-]CC1.[Cu+2].[Cu+].[Cu].[Cu].[NH2-]. The number of carbonyl (C=O) groups excluding carboxylic acids is 1. The molecule has 25 heavy (non-hydrogen) atoms. The summed E-state index contributed by atoms with van der Waals surface area (Å²) < 4.78 is 0. The van der Waals surface area contributed by atoms with Gasteiger partial charge in [0, 0.05) is 46.6 Å². The first-order chi connectivity index (χ1) is 8.61. The number of nitrogens with zero attached hydrogens (tertiary/aromatic N) is 1. The first kappa shape index (κ1) is 44.8. The second-order valence-corrected chi connectivity index (χ2v) is 4.11. The predicted molar refractivity (Wildman–Crippen MR) is 76.8 cm³/mol. The fourth-order valence-electron chi connectivity index (χ4n) is 1.67. The summed E-state index contributed by atoms with van der Waals surface area (Å²) >= 11 is 0. The van der Waals surface area contributed by atoms with E-state index in [1.165, 1.54) is 6.08 Å². The molecule has 0 unspecified atom stereocenters. The molecule has 167 valence electrons. The molecule has 0 aromatic heterocycles. The van der Waals surface area contributed by atoms with Crippen molar-refractivity contribution in [1.29, 1.82) is 0 Å². The number of hydrogen-bond acceptors (Lipinski definition) is 5. The van der Waals surface area contributed by atoms with Gasteiger partial charge in [0.05, 0.1) is 5.97 Å². The molecule has 0 amide bonds. The van der Waals surface area contributed by atoms with E-state index in [2.05, 4.69) is 10.6 Å². The van der Waals surface area contributed by atoms with Crippen molar-refractivity contribution < 1.29 is 99.3 Å². The summed E-state index contributed by atoms with van der Waals surface area (Å²) in [5.74, 6) is -1.05. The summed E-state index contributed by atoms with van der Waals surface area (Å²) in [7, 11) is 0. The monoisotopic (exact) mass is 558 g/mol. The van der Waals surface area contributed by atoms with E-state index in [0.717, 1.165) is 25.9 Å². The first-order valence-corrected chi connectivity index (χ1v) is 5.92. The number of aliphatic hydroxyl groups is 2. The molecule has 2 aliphatic rings. The van der Waals surface area contributed by atoms with Gasteiger partial charge in [0.15, 0.2) is 6.29 Å². The fraction of sp³-hybridized carbons (Fsp3) is 0.583. The Labute approximate surface area is 189 Å². The predicted octanol–water partition coefficient (Wildman–Crippen LogP) is -2.08. The van der Waals surface area contributed by atoms with E-state index in [1.54, 1.807) is 12.3 Å². The zero-order valence-electron chi connectivity index (χ0n) is 12.9. The zero-order valence-corrected chi connectivity index (χ0v) is 16.6. The Morgan fingerprint density at radius 1 is 1.24 bits per heavy atom. The number of nitrogens with two attached hydrogens (primary N) is 1.